The summed E-state index contributed by atoms with van der Waals surface area (Å²) in [6, 6.07) is 8.82. The first-order chi connectivity index (χ1) is 12.5. The van der Waals surface area contributed by atoms with Gasteiger partial charge in [-0.1, -0.05) is 25.1 Å². The number of aryl methyl sites for hydroxylation is 1. The van der Waals surface area contributed by atoms with Crippen LogP contribution >= 0.6 is 0 Å². The molecule has 1 aliphatic heterocycles. The highest BCUT2D eigenvalue weighted by Gasteiger charge is 2.51. The molecule has 7 nitrogen and oxygen atoms in total. The molecule has 1 saturated heterocycles. The minimum atomic E-state index is -0.262. The van der Waals surface area contributed by atoms with Crippen LogP contribution < -0.4 is 5.32 Å². The average molecular weight is 353 g/mol. The molecule has 7 heteroatoms. The van der Waals surface area contributed by atoms with Gasteiger partial charge in [-0.3, -0.25) is 14.7 Å². The summed E-state index contributed by atoms with van der Waals surface area (Å²) >= 11 is 0. The fourth-order valence-corrected chi connectivity index (χ4v) is 3.53. The van der Waals surface area contributed by atoms with Gasteiger partial charge in [0.25, 0.3) is 5.91 Å². The van der Waals surface area contributed by atoms with E-state index in [-0.39, 0.29) is 29.3 Å². The lowest BCUT2D eigenvalue weighted by molar-refractivity contribution is -0.137. The topological polar surface area (TPSA) is 91.0 Å². The molecule has 1 aliphatic carbocycles. The van der Waals surface area contributed by atoms with Crippen molar-refractivity contribution >= 4 is 11.8 Å². The van der Waals surface area contributed by atoms with Gasteiger partial charge in [-0.15, -0.1) is 0 Å². The maximum Gasteiger partial charge on any atom is 0.251 e. The van der Waals surface area contributed by atoms with Crippen LogP contribution in [0, 0.1) is 12.3 Å². The molecule has 2 aliphatic rings. The Bertz CT molecular complexity index is 827. The van der Waals surface area contributed by atoms with Crippen molar-refractivity contribution in [1.29, 1.82) is 0 Å². The molecule has 1 aromatic carbocycles. The highest BCUT2D eigenvalue weighted by molar-refractivity contribution is 5.94. The minimum absolute atomic E-state index is 0.113. The summed E-state index contributed by atoms with van der Waals surface area (Å²) < 4.78 is 0. The van der Waals surface area contributed by atoms with Gasteiger partial charge in [-0.05, 0) is 38.3 Å². The molecule has 1 saturated carbocycles. The molecule has 0 unspecified atom stereocenters. The van der Waals surface area contributed by atoms with Crippen LogP contribution in [0.3, 0.4) is 0 Å². The smallest absolute Gasteiger partial charge is 0.251 e. The normalized spacial score (nSPS) is 23.7. The number of hydrogen-bond acceptors (Lipinski definition) is 4. The Kier molecular flexibility index (Phi) is 4.01. The molecule has 136 valence electrons. The first-order valence-electron chi connectivity index (χ1n) is 9.02. The van der Waals surface area contributed by atoms with Crippen LogP contribution in [0.15, 0.2) is 30.3 Å². The van der Waals surface area contributed by atoms with Crippen molar-refractivity contribution in [3.63, 3.8) is 0 Å². The van der Waals surface area contributed by atoms with Gasteiger partial charge in [-0.2, -0.15) is 5.10 Å². The molecule has 2 N–H and O–H groups in total. The second kappa shape index (κ2) is 6.23. The van der Waals surface area contributed by atoms with E-state index in [1.807, 2.05) is 36.9 Å². The number of benzene rings is 1. The number of rotatable bonds is 4. The van der Waals surface area contributed by atoms with E-state index in [1.54, 1.807) is 12.1 Å². The summed E-state index contributed by atoms with van der Waals surface area (Å²) in [6.07, 6.45) is 2.46. The average Bonchev–Trinajstić information content (AvgIpc) is 3.05. The fourth-order valence-electron chi connectivity index (χ4n) is 3.53. The summed E-state index contributed by atoms with van der Waals surface area (Å²) in [4.78, 5) is 31.7. The first kappa shape index (κ1) is 16.8. The molecule has 26 heavy (non-hydrogen) atoms. The highest BCUT2D eigenvalue weighted by Crippen LogP contribution is 2.48. The Hall–Kier alpha value is -2.70. The SMILES string of the molecule is Cc1nc([C@@H]2C[C@H](NC(=O)c3ccccc3)CN2C(=O)C2(C)CC2)n[nH]1. The molecule has 0 spiro atoms. The molecule has 4 rings (SSSR count). The second-order valence-corrected chi connectivity index (χ2v) is 7.59. The van der Waals surface area contributed by atoms with Gasteiger partial charge < -0.3 is 10.2 Å². The maximum absolute atomic E-state index is 13.0. The predicted octanol–water partition coefficient (Wildman–Crippen LogP) is 1.99. The van der Waals surface area contributed by atoms with Crippen LogP contribution in [0.5, 0.6) is 0 Å². The number of carbonyl (C=O) groups is 2. The summed E-state index contributed by atoms with van der Waals surface area (Å²) in [7, 11) is 0. The number of carbonyl (C=O) groups excluding carboxylic acids is 2. The molecule has 0 bridgehead atoms. The van der Waals surface area contributed by atoms with Gasteiger partial charge in [0.2, 0.25) is 5.91 Å². The molecule has 2 amide bonds. The minimum Gasteiger partial charge on any atom is -0.347 e. The number of aromatic amines is 1. The number of likely N-dealkylation sites (tertiary alicyclic amines) is 1. The third kappa shape index (κ3) is 3.09. The van der Waals surface area contributed by atoms with E-state index < -0.39 is 0 Å². The molecular weight excluding hydrogens is 330 g/mol. The van der Waals surface area contributed by atoms with Gasteiger partial charge in [0.15, 0.2) is 5.82 Å². The van der Waals surface area contributed by atoms with E-state index in [1.165, 1.54) is 0 Å². The number of aromatic nitrogens is 3. The summed E-state index contributed by atoms with van der Waals surface area (Å²) in [6.45, 7) is 4.34. The standard InChI is InChI=1S/C19H23N5O2/c1-12-20-16(23-22-12)15-10-14(11-24(15)18(26)19(2)8-9-19)21-17(25)13-6-4-3-5-7-13/h3-7,14-15H,8-11H2,1-2H3,(H,21,25)(H,20,22,23)/t14-,15-/m0/s1. The lowest BCUT2D eigenvalue weighted by Crippen LogP contribution is -2.40. The molecule has 0 radical (unpaired) electrons. The van der Waals surface area contributed by atoms with Crippen LogP contribution in [-0.2, 0) is 4.79 Å². The van der Waals surface area contributed by atoms with Crippen LogP contribution in [-0.4, -0.2) is 44.5 Å². The van der Waals surface area contributed by atoms with E-state index >= 15 is 0 Å². The zero-order valence-electron chi connectivity index (χ0n) is 15.0. The third-order valence-electron chi connectivity index (χ3n) is 5.36. The second-order valence-electron chi connectivity index (χ2n) is 7.59. The van der Waals surface area contributed by atoms with Crippen LogP contribution in [0.4, 0.5) is 0 Å². The lowest BCUT2D eigenvalue weighted by atomic mass is 10.1. The van der Waals surface area contributed by atoms with Gasteiger partial charge in [0.1, 0.15) is 5.82 Å². The fraction of sp³-hybridized carbons (Fsp3) is 0.474. The Balaban J connectivity index is 1.53. The van der Waals surface area contributed by atoms with Crippen molar-refractivity contribution in [2.24, 2.45) is 5.41 Å². The Morgan fingerprint density at radius 1 is 1.27 bits per heavy atom. The van der Waals surface area contributed by atoms with Crippen molar-refractivity contribution in [2.75, 3.05) is 6.54 Å². The Labute approximate surface area is 152 Å². The summed E-state index contributed by atoms with van der Waals surface area (Å²) in [5.41, 5.74) is 0.360. The predicted molar refractivity (Wildman–Crippen MR) is 95.2 cm³/mol. The van der Waals surface area contributed by atoms with Crippen molar-refractivity contribution in [2.45, 2.75) is 45.2 Å². The van der Waals surface area contributed by atoms with Crippen molar-refractivity contribution in [3.8, 4) is 0 Å². The number of nitrogens with one attached hydrogen (secondary N) is 2. The van der Waals surface area contributed by atoms with Crippen LogP contribution in [0.25, 0.3) is 0 Å². The Morgan fingerprint density at radius 3 is 2.62 bits per heavy atom. The third-order valence-corrected chi connectivity index (χ3v) is 5.36. The number of H-pyrrole nitrogens is 1. The zero-order valence-corrected chi connectivity index (χ0v) is 15.0. The molecule has 2 atom stereocenters. The molecular formula is C19H23N5O2. The largest absolute Gasteiger partial charge is 0.347 e. The summed E-state index contributed by atoms with van der Waals surface area (Å²) in [5, 5.41) is 10.2. The molecule has 2 heterocycles. The summed E-state index contributed by atoms with van der Waals surface area (Å²) in [5.74, 6) is 1.37. The van der Waals surface area contributed by atoms with Gasteiger partial charge in [0.05, 0.1) is 6.04 Å². The first-order valence-corrected chi connectivity index (χ1v) is 9.02. The van der Waals surface area contributed by atoms with Crippen molar-refractivity contribution < 1.29 is 9.59 Å². The highest BCUT2D eigenvalue weighted by atomic mass is 16.2. The monoisotopic (exact) mass is 353 g/mol. The lowest BCUT2D eigenvalue weighted by Gasteiger charge is -2.25. The van der Waals surface area contributed by atoms with E-state index in [9.17, 15) is 9.59 Å². The molecule has 2 fully saturated rings. The maximum atomic E-state index is 13.0. The quantitative estimate of drug-likeness (QED) is 0.879. The Morgan fingerprint density at radius 2 is 2.00 bits per heavy atom. The molecule has 1 aromatic heterocycles. The van der Waals surface area contributed by atoms with Gasteiger partial charge in [-0.25, -0.2) is 4.98 Å². The van der Waals surface area contributed by atoms with E-state index in [0.717, 1.165) is 18.7 Å². The van der Waals surface area contributed by atoms with E-state index in [0.29, 0.717) is 24.4 Å². The van der Waals surface area contributed by atoms with Gasteiger partial charge >= 0.3 is 0 Å². The van der Waals surface area contributed by atoms with Crippen LogP contribution in [0.1, 0.15) is 54.2 Å². The number of hydrogen-bond donors (Lipinski definition) is 2. The molecule has 2 aromatic rings. The number of amides is 2. The van der Waals surface area contributed by atoms with E-state index in [2.05, 4.69) is 20.5 Å². The number of nitrogens with zero attached hydrogens (tertiary/aromatic N) is 3. The van der Waals surface area contributed by atoms with Crippen molar-refractivity contribution in [3.05, 3.63) is 47.5 Å². The van der Waals surface area contributed by atoms with Crippen molar-refractivity contribution in [1.82, 2.24) is 25.4 Å². The zero-order chi connectivity index (χ0) is 18.3. The van der Waals surface area contributed by atoms with Gasteiger partial charge in [0, 0.05) is 23.6 Å². The van der Waals surface area contributed by atoms with E-state index in [4.69, 9.17) is 0 Å². The van der Waals surface area contributed by atoms with Crippen LogP contribution in [0.2, 0.25) is 0 Å².